The third kappa shape index (κ3) is 1.78. The first-order chi connectivity index (χ1) is 7.36. The summed E-state index contributed by atoms with van der Waals surface area (Å²) in [7, 11) is 1.92. The van der Waals surface area contributed by atoms with E-state index in [4.69, 9.17) is 0 Å². The van der Waals surface area contributed by atoms with Gasteiger partial charge < -0.3 is 9.88 Å². The molecule has 0 saturated heterocycles. The Kier molecular flexibility index (Phi) is 2.82. The highest BCUT2D eigenvalue weighted by Gasteiger charge is 2.17. The smallest absolute Gasteiger partial charge is 0.130 e. The Bertz CT molecular complexity index is 403. The Balaban J connectivity index is 2.35. The molecule has 0 fully saturated rings. The minimum Gasteiger partial charge on any atom is -0.334 e. The lowest BCUT2D eigenvalue weighted by atomic mass is 10.1. The molecule has 2 aromatic heterocycles. The molecule has 1 atom stereocenters. The minimum absolute atomic E-state index is 0.0960. The first-order valence-corrected chi connectivity index (χ1v) is 5.03. The standard InChI is InChI=1S/C10H15N5/c1-3-15-5-4-12-10(15)9(11-2)8-6-13-14-7-8/h4-7,9,11H,3H2,1-2H3,(H,13,14). The first kappa shape index (κ1) is 9.92. The van der Waals surface area contributed by atoms with Crippen LogP contribution in [0.3, 0.4) is 0 Å². The normalized spacial score (nSPS) is 12.9. The number of imidazole rings is 1. The van der Waals surface area contributed by atoms with Gasteiger partial charge in [0.2, 0.25) is 0 Å². The summed E-state index contributed by atoms with van der Waals surface area (Å²) in [5.74, 6) is 1.02. The number of nitrogens with one attached hydrogen (secondary N) is 2. The van der Waals surface area contributed by atoms with Gasteiger partial charge in [-0.25, -0.2) is 4.98 Å². The Morgan fingerprint density at radius 1 is 1.60 bits per heavy atom. The summed E-state index contributed by atoms with van der Waals surface area (Å²) in [5.41, 5.74) is 1.10. The van der Waals surface area contributed by atoms with E-state index in [1.54, 1.807) is 0 Å². The van der Waals surface area contributed by atoms with Gasteiger partial charge in [0.25, 0.3) is 0 Å². The monoisotopic (exact) mass is 205 g/mol. The number of H-pyrrole nitrogens is 1. The maximum Gasteiger partial charge on any atom is 0.130 e. The van der Waals surface area contributed by atoms with Crippen molar-refractivity contribution < 1.29 is 0 Å². The summed E-state index contributed by atoms with van der Waals surface area (Å²) in [5, 5.41) is 10.0. The topological polar surface area (TPSA) is 58.5 Å². The van der Waals surface area contributed by atoms with Crippen molar-refractivity contribution in [1.29, 1.82) is 0 Å². The van der Waals surface area contributed by atoms with Crippen molar-refractivity contribution in [3.8, 4) is 0 Å². The van der Waals surface area contributed by atoms with E-state index in [2.05, 4.69) is 32.0 Å². The molecule has 0 amide bonds. The molecule has 80 valence electrons. The number of aromatic nitrogens is 4. The van der Waals surface area contributed by atoms with Crippen LogP contribution in [0.15, 0.2) is 24.8 Å². The number of aromatic amines is 1. The maximum absolute atomic E-state index is 4.37. The lowest BCUT2D eigenvalue weighted by Crippen LogP contribution is -2.21. The highest BCUT2D eigenvalue weighted by atomic mass is 15.1. The van der Waals surface area contributed by atoms with Crippen molar-refractivity contribution >= 4 is 0 Å². The molecule has 2 heterocycles. The molecular formula is C10H15N5. The average molecular weight is 205 g/mol. The fraction of sp³-hybridized carbons (Fsp3) is 0.400. The zero-order valence-electron chi connectivity index (χ0n) is 8.94. The zero-order chi connectivity index (χ0) is 10.7. The summed E-state index contributed by atoms with van der Waals surface area (Å²) in [6, 6.07) is 0.0960. The van der Waals surface area contributed by atoms with E-state index < -0.39 is 0 Å². The van der Waals surface area contributed by atoms with Crippen molar-refractivity contribution in [2.24, 2.45) is 0 Å². The highest BCUT2D eigenvalue weighted by molar-refractivity contribution is 5.19. The maximum atomic E-state index is 4.37. The third-order valence-corrected chi connectivity index (χ3v) is 2.49. The molecule has 2 N–H and O–H groups in total. The Morgan fingerprint density at radius 2 is 2.47 bits per heavy atom. The van der Waals surface area contributed by atoms with Crippen LogP contribution in [-0.2, 0) is 6.54 Å². The number of rotatable bonds is 4. The van der Waals surface area contributed by atoms with Crippen molar-refractivity contribution in [2.45, 2.75) is 19.5 Å². The molecule has 5 heteroatoms. The third-order valence-electron chi connectivity index (χ3n) is 2.49. The second-order valence-electron chi connectivity index (χ2n) is 3.32. The van der Waals surface area contributed by atoms with Crippen molar-refractivity contribution in [1.82, 2.24) is 25.1 Å². The Morgan fingerprint density at radius 3 is 3.07 bits per heavy atom. The van der Waals surface area contributed by atoms with E-state index in [1.807, 2.05) is 31.8 Å². The van der Waals surface area contributed by atoms with Crippen LogP contribution in [0.2, 0.25) is 0 Å². The molecule has 15 heavy (non-hydrogen) atoms. The van der Waals surface area contributed by atoms with Gasteiger partial charge in [0, 0.05) is 30.7 Å². The quantitative estimate of drug-likeness (QED) is 0.780. The lowest BCUT2D eigenvalue weighted by molar-refractivity contribution is 0.590. The molecule has 0 aliphatic carbocycles. The van der Waals surface area contributed by atoms with Gasteiger partial charge in [-0.2, -0.15) is 5.10 Å². The van der Waals surface area contributed by atoms with E-state index in [-0.39, 0.29) is 6.04 Å². The van der Waals surface area contributed by atoms with Crippen LogP contribution < -0.4 is 5.32 Å². The van der Waals surface area contributed by atoms with Crippen LogP contribution in [-0.4, -0.2) is 26.8 Å². The second kappa shape index (κ2) is 4.27. The molecule has 1 unspecified atom stereocenters. The summed E-state index contributed by atoms with van der Waals surface area (Å²) in [4.78, 5) is 4.37. The Labute approximate surface area is 88.5 Å². The van der Waals surface area contributed by atoms with Gasteiger partial charge in [0.05, 0.1) is 12.2 Å². The van der Waals surface area contributed by atoms with Crippen molar-refractivity contribution in [3.05, 3.63) is 36.2 Å². The van der Waals surface area contributed by atoms with Gasteiger partial charge in [0.15, 0.2) is 0 Å². The molecule has 2 aromatic rings. The average Bonchev–Trinajstić information content (AvgIpc) is 2.89. The summed E-state index contributed by atoms with van der Waals surface area (Å²) >= 11 is 0. The van der Waals surface area contributed by atoms with Crippen LogP contribution >= 0.6 is 0 Å². The molecule has 0 radical (unpaired) electrons. The predicted octanol–water partition coefficient (Wildman–Crippen LogP) is 0.935. The zero-order valence-corrected chi connectivity index (χ0v) is 8.94. The van der Waals surface area contributed by atoms with E-state index in [0.29, 0.717) is 0 Å². The Hall–Kier alpha value is -1.62. The molecule has 0 aliphatic rings. The van der Waals surface area contributed by atoms with Crippen molar-refractivity contribution in [2.75, 3.05) is 7.05 Å². The summed E-state index contributed by atoms with van der Waals surface area (Å²) in [6.07, 6.45) is 7.51. The van der Waals surface area contributed by atoms with E-state index >= 15 is 0 Å². The molecule has 0 aromatic carbocycles. The molecular weight excluding hydrogens is 190 g/mol. The van der Waals surface area contributed by atoms with Crippen LogP contribution in [0, 0.1) is 0 Å². The van der Waals surface area contributed by atoms with Gasteiger partial charge in [0.1, 0.15) is 5.82 Å². The van der Waals surface area contributed by atoms with E-state index in [1.165, 1.54) is 0 Å². The molecule has 5 nitrogen and oxygen atoms in total. The number of hydrogen-bond acceptors (Lipinski definition) is 3. The molecule has 0 aliphatic heterocycles. The first-order valence-electron chi connectivity index (χ1n) is 5.03. The number of nitrogens with zero attached hydrogens (tertiary/aromatic N) is 3. The van der Waals surface area contributed by atoms with Crippen LogP contribution in [0.1, 0.15) is 24.4 Å². The van der Waals surface area contributed by atoms with E-state index in [0.717, 1.165) is 17.9 Å². The molecule has 0 spiro atoms. The number of hydrogen-bond donors (Lipinski definition) is 2. The van der Waals surface area contributed by atoms with Crippen molar-refractivity contribution in [3.63, 3.8) is 0 Å². The molecule has 2 rings (SSSR count). The summed E-state index contributed by atoms with van der Waals surface area (Å²) < 4.78 is 2.12. The van der Waals surface area contributed by atoms with Gasteiger partial charge in [-0.1, -0.05) is 0 Å². The molecule has 0 saturated carbocycles. The largest absolute Gasteiger partial charge is 0.334 e. The van der Waals surface area contributed by atoms with E-state index in [9.17, 15) is 0 Å². The lowest BCUT2D eigenvalue weighted by Gasteiger charge is -2.15. The summed E-state index contributed by atoms with van der Waals surface area (Å²) in [6.45, 7) is 3.03. The van der Waals surface area contributed by atoms with Gasteiger partial charge in [-0.05, 0) is 14.0 Å². The van der Waals surface area contributed by atoms with Gasteiger partial charge in [-0.3, -0.25) is 5.10 Å². The fourth-order valence-electron chi connectivity index (χ4n) is 1.71. The number of aryl methyl sites for hydroxylation is 1. The van der Waals surface area contributed by atoms with Crippen LogP contribution in [0.25, 0.3) is 0 Å². The minimum atomic E-state index is 0.0960. The molecule has 0 bridgehead atoms. The second-order valence-corrected chi connectivity index (χ2v) is 3.32. The predicted molar refractivity (Wildman–Crippen MR) is 57.4 cm³/mol. The SMILES string of the molecule is CCn1ccnc1C(NC)c1cn[nH]c1. The fourth-order valence-corrected chi connectivity index (χ4v) is 1.71. The van der Waals surface area contributed by atoms with Gasteiger partial charge in [-0.15, -0.1) is 0 Å². The van der Waals surface area contributed by atoms with Crippen LogP contribution in [0.4, 0.5) is 0 Å². The van der Waals surface area contributed by atoms with Gasteiger partial charge >= 0.3 is 0 Å². The highest BCUT2D eigenvalue weighted by Crippen LogP contribution is 2.18. The van der Waals surface area contributed by atoms with Crippen LogP contribution in [0.5, 0.6) is 0 Å².